The van der Waals surface area contributed by atoms with Crippen molar-refractivity contribution in [2.24, 2.45) is 0 Å². The first kappa shape index (κ1) is 14.7. The second kappa shape index (κ2) is 7.80. The Bertz CT molecular complexity index is 364. The summed E-state index contributed by atoms with van der Waals surface area (Å²) < 4.78 is 4.11. The summed E-state index contributed by atoms with van der Waals surface area (Å²) in [6.45, 7) is 7.66. The fraction of sp³-hybridized carbons (Fsp3) is 0.857. The lowest BCUT2D eigenvalue weighted by Crippen LogP contribution is -2.39. The molecule has 1 aromatic heterocycles. The van der Waals surface area contributed by atoms with Crippen LogP contribution in [0.15, 0.2) is 0 Å². The highest BCUT2D eigenvalue weighted by Crippen LogP contribution is 2.26. The molecule has 0 amide bonds. The van der Waals surface area contributed by atoms with Gasteiger partial charge in [-0.3, -0.25) is 4.90 Å². The van der Waals surface area contributed by atoms with Crippen molar-refractivity contribution in [1.82, 2.24) is 14.5 Å². The van der Waals surface area contributed by atoms with Crippen LogP contribution in [0.2, 0.25) is 0 Å². The third kappa shape index (κ3) is 4.14. The van der Waals surface area contributed by atoms with E-state index in [-0.39, 0.29) is 0 Å². The van der Waals surface area contributed by atoms with E-state index in [1.807, 2.05) is 0 Å². The Morgan fingerprint density at radius 1 is 1.32 bits per heavy atom. The maximum Gasteiger partial charge on any atom is 0.134 e. The monoisotopic (exact) mass is 282 g/mol. The van der Waals surface area contributed by atoms with Crippen molar-refractivity contribution in [1.29, 1.82) is 0 Å². The molecule has 0 radical (unpaired) electrons. The minimum Gasteiger partial charge on any atom is -0.374 e. The molecule has 1 aliphatic rings. The largest absolute Gasteiger partial charge is 0.374 e. The summed E-state index contributed by atoms with van der Waals surface area (Å²) in [6.07, 6.45) is 7.79. The summed E-state index contributed by atoms with van der Waals surface area (Å²) in [5.74, 6) is 0. The number of hydrogen-bond donors (Lipinski definition) is 1. The standard InChI is InChI=1S/C14H26N4S/c1-3-7-12-8-5-6-10-18(12)11-13-14(15-9-4-2)19-17-16-13/h12,15H,3-11H2,1-2H3. The van der Waals surface area contributed by atoms with Gasteiger partial charge in [-0.15, -0.1) is 5.10 Å². The first-order valence-electron chi connectivity index (χ1n) is 7.64. The van der Waals surface area contributed by atoms with E-state index in [4.69, 9.17) is 0 Å². The van der Waals surface area contributed by atoms with Gasteiger partial charge in [0.1, 0.15) is 10.7 Å². The van der Waals surface area contributed by atoms with Crippen molar-refractivity contribution < 1.29 is 0 Å². The van der Waals surface area contributed by atoms with E-state index in [1.165, 1.54) is 55.2 Å². The molecule has 2 heterocycles. The number of piperidine rings is 1. The average molecular weight is 282 g/mol. The number of likely N-dealkylation sites (tertiary alicyclic amines) is 1. The van der Waals surface area contributed by atoms with Gasteiger partial charge < -0.3 is 5.32 Å². The molecule has 4 nitrogen and oxygen atoms in total. The predicted molar refractivity (Wildman–Crippen MR) is 81.6 cm³/mol. The molecule has 0 saturated carbocycles. The van der Waals surface area contributed by atoms with Gasteiger partial charge in [0.25, 0.3) is 0 Å². The SMILES string of the molecule is CCCNc1snnc1CN1CCCCC1CCC. The van der Waals surface area contributed by atoms with Crippen LogP contribution in [0.4, 0.5) is 5.00 Å². The van der Waals surface area contributed by atoms with E-state index in [1.54, 1.807) is 0 Å². The Hall–Kier alpha value is -0.680. The van der Waals surface area contributed by atoms with Gasteiger partial charge in [-0.25, -0.2) is 0 Å². The number of hydrogen-bond acceptors (Lipinski definition) is 5. The Labute approximate surface area is 120 Å². The van der Waals surface area contributed by atoms with Gasteiger partial charge >= 0.3 is 0 Å². The van der Waals surface area contributed by atoms with Gasteiger partial charge in [-0.1, -0.05) is 31.2 Å². The van der Waals surface area contributed by atoms with Crippen LogP contribution in [0.1, 0.15) is 58.1 Å². The van der Waals surface area contributed by atoms with Crippen molar-refractivity contribution in [3.05, 3.63) is 5.69 Å². The number of nitrogens with one attached hydrogen (secondary N) is 1. The average Bonchev–Trinajstić information content (AvgIpc) is 2.86. The van der Waals surface area contributed by atoms with Gasteiger partial charge in [0, 0.05) is 30.7 Å². The summed E-state index contributed by atoms with van der Waals surface area (Å²) in [4.78, 5) is 2.61. The highest BCUT2D eigenvalue weighted by Gasteiger charge is 2.23. The van der Waals surface area contributed by atoms with Crippen LogP contribution in [-0.2, 0) is 6.54 Å². The van der Waals surface area contributed by atoms with E-state index in [2.05, 4.69) is 33.7 Å². The molecule has 1 aromatic rings. The van der Waals surface area contributed by atoms with E-state index in [0.717, 1.165) is 31.2 Å². The summed E-state index contributed by atoms with van der Waals surface area (Å²) in [7, 11) is 0. The fourth-order valence-corrected chi connectivity index (χ4v) is 3.40. The molecular weight excluding hydrogens is 256 g/mol. The minimum atomic E-state index is 0.750. The molecule has 108 valence electrons. The molecule has 1 saturated heterocycles. The van der Waals surface area contributed by atoms with E-state index >= 15 is 0 Å². The molecule has 0 bridgehead atoms. The van der Waals surface area contributed by atoms with Crippen molar-refractivity contribution in [2.45, 2.75) is 65.0 Å². The number of anilines is 1. The Balaban J connectivity index is 1.96. The number of rotatable bonds is 7. The first-order valence-corrected chi connectivity index (χ1v) is 8.41. The van der Waals surface area contributed by atoms with Crippen LogP contribution in [0, 0.1) is 0 Å². The maximum atomic E-state index is 4.32. The lowest BCUT2D eigenvalue weighted by molar-refractivity contribution is 0.130. The van der Waals surface area contributed by atoms with Crippen LogP contribution in [0.3, 0.4) is 0 Å². The molecular formula is C14H26N4S. The van der Waals surface area contributed by atoms with Crippen LogP contribution in [0.5, 0.6) is 0 Å². The molecule has 1 N–H and O–H groups in total. The van der Waals surface area contributed by atoms with E-state index in [9.17, 15) is 0 Å². The zero-order valence-electron chi connectivity index (χ0n) is 12.2. The van der Waals surface area contributed by atoms with Gasteiger partial charge in [0.2, 0.25) is 0 Å². The maximum absolute atomic E-state index is 4.32. The van der Waals surface area contributed by atoms with Crippen LogP contribution >= 0.6 is 11.5 Å². The highest BCUT2D eigenvalue weighted by atomic mass is 32.1. The topological polar surface area (TPSA) is 41.1 Å². The second-order valence-electron chi connectivity index (χ2n) is 5.38. The molecule has 0 aromatic carbocycles. The molecule has 1 aliphatic heterocycles. The Morgan fingerprint density at radius 2 is 2.21 bits per heavy atom. The molecule has 1 fully saturated rings. The van der Waals surface area contributed by atoms with Gasteiger partial charge in [-0.2, -0.15) is 0 Å². The van der Waals surface area contributed by atoms with Gasteiger partial charge in [0.05, 0.1) is 0 Å². The second-order valence-corrected chi connectivity index (χ2v) is 6.14. The molecule has 5 heteroatoms. The summed E-state index contributed by atoms with van der Waals surface area (Å²) in [5, 5.41) is 8.94. The van der Waals surface area contributed by atoms with Gasteiger partial charge in [0.15, 0.2) is 0 Å². The third-order valence-electron chi connectivity index (χ3n) is 3.82. The van der Waals surface area contributed by atoms with Gasteiger partial charge in [-0.05, 0) is 32.2 Å². The summed E-state index contributed by atoms with van der Waals surface area (Å²) in [5.41, 5.74) is 1.14. The summed E-state index contributed by atoms with van der Waals surface area (Å²) >= 11 is 1.49. The van der Waals surface area contributed by atoms with Crippen molar-refractivity contribution in [3.63, 3.8) is 0 Å². The zero-order chi connectivity index (χ0) is 13.5. The van der Waals surface area contributed by atoms with Crippen LogP contribution in [-0.4, -0.2) is 33.6 Å². The van der Waals surface area contributed by atoms with Crippen LogP contribution < -0.4 is 5.32 Å². The van der Waals surface area contributed by atoms with E-state index in [0.29, 0.717) is 0 Å². The summed E-state index contributed by atoms with van der Waals surface area (Å²) in [6, 6.07) is 0.750. The lowest BCUT2D eigenvalue weighted by atomic mass is 9.98. The Kier molecular flexibility index (Phi) is 6.04. The van der Waals surface area contributed by atoms with Crippen molar-refractivity contribution in [3.8, 4) is 0 Å². The van der Waals surface area contributed by atoms with E-state index < -0.39 is 0 Å². The number of aromatic nitrogens is 2. The Morgan fingerprint density at radius 3 is 3.00 bits per heavy atom. The molecule has 0 aliphatic carbocycles. The molecule has 1 atom stereocenters. The molecule has 0 spiro atoms. The molecule has 2 rings (SSSR count). The molecule has 19 heavy (non-hydrogen) atoms. The predicted octanol–water partition coefficient (Wildman–Crippen LogP) is 3.51. The minimum absolute atomic E-state index is 0.750. The smallest absolute Gasteiger partial charge is 0.134 e. The zero-order valence-corrected chi connectivity index (χ0v) is 13.0. The fourth-order valence-electron chi connectivity index (χ4n) is 2.81. The third-order valence-corrected chi connectivity index (χ3v) is 4.54. The van der Waals surface area contributed by atoms with Crippen LogP contribution in [0.25, 0.3) is 0 Å². The number of nitrogens with zero attached hydrogens (tertiary/aromatic N) is 3. The molecule has 1 unspecified atom stereocenters. The first-order chi connectivity index (χ1) is 9.35. The quantitative estimate of drug-likeness (QED) is 0.831. The highest BCUT2D eigenvalue weighted by molar-refractivity contribution is 7.10. The normalized spacial score (nSPS) is 20.6. The lowest BCUT2D eigenvalue weighted by Gasteiger charge is -2.35. The van der Waals surface area contributed by atoms with Crippen molar-refractivity contribution >= 4 is 16.5 Å². The van der Waals surface area contributed by atoms with Crippen molar-refractivity contribution in [2.75, 3.05) is 18.4 Å².